The van der Waals surface area contributed by atoms with Crippen molar-refractivity contribution in [1.29, 1.82) is 0 Å². The number of thiazole rings is 1. The van der Waals surface area contributed by atoms with Crippen LogP contribution in [0.1, 0.15) is 81.0 Å². The molecule has 0 radical (unpaired) electrons. The van der Waals surface area contributed by atoms with Crippen LogP contribution in [0.4, 0.5) is 0 Å². The van der Waals surface area contributed by atoms with Gasteiger partial charge in [-0.25, -0.2) is 4.98 Å². The Balaban J connectivity index is 0.000000170. The Hall–Kier alpha value is -2.07. The number of aryl methyl sites for hydroxylation is 2. The maximum atomic E-state index is 4.56. The molecule has 0 amide bonds. The summed E-state index contributed by atoms with van der Waals surface area (Å²) >= 11 is 1.78. The molecule has 168 valence electrons. The van der Waals surface area contributed by atoms with Gasteiger partial charge in [0.15, 0.2) is 0 Å². The highest BCUT2D eigenvalue weighted by Gasteiger charge is 2.17. The summed E-state index contributed by atoms with van der Waals surface area (Å²) in [7, 11) is 0. The van der Waals surface area contributed by atoms with Gasteiger partial charge in [-0.3, -0.25) is 9.98 Å². The van der Waals surface area contributed by atoms with Crippen LogP contribution in [0, 0.1) is 25.7 Å². The van der Waals surface area contributed by atoms with E-state index in [-0.39, 0.29) is 0 Å². The topological polar surface area (TPSA) is 37.6 Å². The number of fused-ring (bicyclic) bond motifs is 1. The monoisotopic (exact) mass is 437 g/mol. The van der Waals surface area contributed by atoms with Gasteiger partial charge in [-0.1, -0.05) is 64.8 Å². The van der Waals surface area contributed by atoms with Gasteiger partial charge >= 0.3 is 0 Å². The summed E-state index contributed by atoms with van der Waals surface area (Å²) in [5.74, 6) is 1.73. The molecule has 0 saturated carbocycles. The van der Waals surface area contributed by atoms with Gasteiger partial charge in [0.25, 0.3) is 0 Å². The lowest BCUT2D eigenvalue weighted by Crippen LogP contribution is -2.06. The molecular formula is C27H39N3S. The summed E-state index contributed by atoms with van der Waals surface area (Å²) in [6.45, 7) is 21.2. The Kier molecular flexibility index (Phi) is 9.36. The number of aliphatic imine (C=N–C) groups is 2. The quantitative estimate of drug-likeness (QED) is 0.488. The van der Waals surface area contributed by atoms with Crippen LogP contribution < -0.4 is 0 Å². The summed E-state index contributed by atoms with van der Waals surface area (Å²) in [6.07, 6.45) is 4.12. The van der Waals surface area contributed by atoms with Gasteiger partial charge in [0, 0.05) is 34.0 Å². The van der Waals surface area contributed by atoms with E-state index in [0.717, 1.165) is 13.1 Å². The molecule has 0 N–H and O–H groups in total. The third-order valence-corrected chi connectivity index (χ3v) is 6.35. The predicted molar refractivity (Wildman–Crippen MR) is 138 cm³/mol. The lowest BCUT2D eigenvalue weighted by atomic mass is 9.97. The SMILES string of the molecule is CC1=CC(C(C)C)=NC1.Cc1ccc2c(c1)C(C(C)C)=NC2.Cc1cnc(C(C)C)s1. The highest BCUT2D eigenvalue weighted by Crippen LogP contribution is 2.23. The second-order valence-electron chi connectivity index (χ2n) is 9.37. The minimum Gasteiger partial charge on any atom is -0.285 e. The maximum Gasteiger partial charge on any atom is 0.0952 e. The number of rotatable bonds is 3. The van der Waals surface area contributed by atoms with Crippen molar-refractivity contribution in [1.82, 2.24) is 4.98 Å². The maximum absolute atomic E-state index is 4.56. The van der Waals surface area contributed by atoms with Gasteiger partial charge in [-0.05, 0) is 50.3 Å². The van der Waals surface area contributed by atoms with Crippen LogP contribution in [0.25, 0.3) is 0 Å². The van der Waals surface area contributed by atoms with Crippen molar-refractivity contribution in [3.8, 4) is 0 Å². The predicted octanol–water partition coefficient (Wildman–Crippen LogP) is 7.57. The van der Waals surface area contributed by atoms with Gasteiger partial charge < -0.3 is 0 Å². The van der Waals surface area contributed by atoms with Gasteiger partial charge in [-0.2, -0.15) is 0 Å². The Labute approximate surface area is 193 Å². The molecule has 4 heteroatoms. The molecule has 2 aliphatic heterocycles. The lowest BCUT2D eigenvalue weighted by molar-refractivity contribution is 0.852. The highest BCUT2D eigenvalue weighted by molar-refractivity contribution is 7.11. The van der Waals surface area contributed by atoms with Crippen molar-refractivity contribution < 1.29 is 0 Å². The first-order valence-corrected chi connectivity index (χ1v) is 12.2. The van der Waals surface area contributed by atoms with Gasteiger partial charge in [0.05, 0.1) is 18.1 Å². The van der Waals surface area contributed by atoms with Gasteiger partial charge in [0.2, 0.25) is 0 Å². The van der Waals surface area contributed by atoms with E-state index in [1.807, 2.05) is 6.20 Å². The number of hydrogen-bond donors (Lipinski definition) is 0. The molecule has 1 aromatic carbocycles. The number of benzene rings is 1. The molecule has 3 heterocycles. The van der Waals surface area contributed by atoms with Crippen molar-refractivity contribution in [2.24, 2.45) is 21.8 Å². The molecule has 1 aromatic heterocycles. The molecular weight excluding hydrogens is 398 g/mol. The van der Waals surface area contributed by atoms with Gasteiger partial charge in [-0.15, -0.1) is 11.3 Å². The van der Waals surface area contributed by atoms with Crippen LogP contribution in [0.5, 0.6) is 0 Å². The molecule has 0 bridgehead atoms. The lowest BCUT2D eigenvalue weighted by Gasteiger charge is -2.07. The minimum absolute atomic E-state index is 0.544. The zero-order valence-electron chi connectivity index (χ0n) is 20.8. The number of aromatic nitrogens is 1. The van der Waals surface area contributed by atoms with E-state index in [1.165, 1.54) is 43.6 Å². The Morgan fingerprint density at radius 2 is 1.55 bits per heavy atom. The first-order valence-electron chi connectivity index (χ1n) is 11.4. The summed E-state index contributed by atoms with van der Waals surface area (Å²) in [5, 5.41) is 1.24. The molecule has 0 unspecified atom stereocenters. The average molecular weight is 438 g/mol. The summed E-state index contributed by atoms with van der Waals surface area (Å²) in [5.41, 5.74) is 8.00. The number of allylic oxidation sites excluding steroid dienone is 1. The van der Waals surface area contributed by atoms with E-state index in [2.05, 4.69) is 102 Å². The molecule has 0 fully saturated rings. The first-order chi connectivity index (χ1) is 14.6. The zero-order chi connectivity index (χ0) is 23.1. The second kappa shape index (κ2) is 11.5. The fourth-order valence-electron chi connectivity index (χ4n) is 3.36. The van der Waals surface area contributed by atoms with Crippen molar-refractivity contribution in [3.63, 3.8) is 0 Å². The van der Waals surface area contributed by atoms with E-state index in [0.29, 0.717) is 17.8 Å². The van der Waals surface area contributed by atoms with Crippen molar-refractivity contribution in [3.05, 3.63) is 62.6 Å². The third-order valence-electron chi connectivity index (χ3n) is 5.14. The molecule has 31 heavy (non-hydrogen) atoms. The number of nitrogens with zero attached hydrogens (tertiary/aromatic N) is 3. The molecule has 2 aliphatic rings. The smallest absolute Gasteiger partial charge is 0.0952 e. The Morgan fingerprint density at radius 3 is 1.97 bits per heavy atom. The van der Waals surface area contributed by atoms with E-state index >= 15 is 0 Å². The highest BCUT2D eigenvalue weighted by atomic mass is 32.1. The van der Waals surface area contributed by atoms with E-state index in [4.69, 9.17) is 0 Å². The van der Waals surface area contributed by atoms with Crippen LogP contribution in [-0.2, 0) is 6.54 Å². The molecule has 2 aromatic rings. The third kappa shape index (κ3) is 7.53. The van der Waals surface area contributed by atoms with Gasteiger partial charge in [0.1, 0.15) is 0 Å². The minimum atomic E-state index is 0.544. The molecule has 0 saturated heterocycles. The van der Waals surface area contributed by atoms with Crippen molar-refractivity contribution >= 4 is 22.8 Å². The molecule has 3 nitrogen and oxygen atoms in total. The molecule has 0 aliphatic carbocycles. The van der Waals surface area contributed by atoms with E-state index in [1.54, 1.807) is 11.3 Å². The molecule has 0 spiro atoms. The number of hydrogen-bond acceptors (Lipinski definition) is 4. The van der Waals surface area contributed by atoms with E-state index in [9.17, 15) is 0 Å². The summed E-state index contributed by atoms with van der Waals surface area (Å²) in [6, 6.07) is 6.61. The molecule has 0 atom stereocenters. The van der Waals surface area contributed by atoms with Crippen LogP contribution in [-0.4, -0.2) is 23.0 Å². The normalized spacial score (nSPS) is 14.5. The standard InChI is InChI=1S/C12H15N.C8H13N.C7H11NS/c1-8(2)12-11-6-9(3)4-5-10(11)7-13-12;1-6(2)8-4-7(3)5-9-8;1-5(2)7-8-4-6(3)9-7/h4-6,8H,7H2,1-3H3;4,6H,5H2,1-3H3;4-5H,1-3H3. The van der Waals surface area contributed by atoms with E-state index < -0.39 is 0 Å². The Bertz CT molecular complexity index is 959. The second-order valence-corrected chi connectivity index (χ2v) is 10.6. The van der Waals surface area contributed by atoms with Crippen LogP contribution >= 0.6 is 11.3 Å². The fraction of sp³-hybridized carbons (Fsp3) is 0.519. The average Bonchev–Trinajstić information content (AvgIpc) is 3.42. The molecule has 4 rings (SSSR count). The fourth-order valence-corrected chi connectivity index (χ4v) is 4.14. The largest absolute Gasteiger partial charge is 0.285 e. The summed E-state index contributed by atoms with van der Waals surface area (Å²) in [4.78, 5) is 14.4. The van der Waals surface area contributed by atoms with Crippen molar-refractivity contribution in [2.75, 3.05) is 6.54 Å². The van der Waals surface area contributed by atoms with Crippen molar-refractivity contribution in [2.45, 2.75) is 74.8 Å². The van der Waals surface area contributed by atoms with Crippen LogP contribution in [0.3, 0.4) is 0 Å². The first kappa shape index (κ1) is 25.2. The van der Waals surface area contributed by atoms with Crippen LogP contribution in [0.2, 0.25) is 0 Å². The van der Waals surface area contributed by atoms with Crippen LogP contribution in [0.15, 0.2) is 46.0 Å². The zero-order valence-corrected chi connectivity index (χ0v) is 21.6. The Morgan fingerprint density at radius 1 is 0.839 bits per heavy atom. The summed E-state index contributed by atoms with van der Waals surface area (Å²) < 4.78 is 0.